The van der Waals surface area contributed by atoms with E-state index in [1.165, 1.54) is 0 Å². The first-order valence-electron chi connectivity index (χ1n) is 5.14. The normalized spacial score (nSPS) is 29.9. The summed E-state index contributed by atoms with van der Waals surface area (Å²) in [5, 5.41) is 7.00. The number of hydrogen-bond acceptors (Lipinski definition) is 4. The van der Waals surface area contributed by atoms with E-state index in [0.29, 0.717) is 0 Å². The topological polar surface area (TPSA) is 44.8 Å². The van der Waals surface area contributed by atoms with Gasteiger partial charge in [-0.25, -0.2) is 5.01 Å². The van der Waals surface area contributed by atoms with Crippen LogP contribution in [0.3, 0.4) is 0 Å². The summed E-state index contributed by atoms with van der Waals surface area (Å²) >= 11 is 0. The van der Waals surface area contributed by atoms with Gasteiger partial charge >= 0.3 is 0 Å². The summed E-state index contributed by atoms with van der Waals surface area (Å²) in [4.78, 5) is 11.8. The highest BCUT2D eigenvalue weighted by Crippen LogP contribution is 2.14. The van der Waals surface area contributed by atoms with E-state index in [9.17, 15) is 4.79 Å². The Bertz CT molecular complexity index is 216. The Morgan fingerprint density at radius 2 is 2.07 bits per heavy atom. The fourth-order valence-electron chi connectivity index (χ4n) is 2.01. The molecule has 2 aliphatic heterocycles. The van der Waals surface area contributed by atoms with Gasteiger partial charge in [0, 0.05) is 19.6 Å². The van der Waals surface area contributed by atoms with Crippen LogP contribution in [0.2, 0.25) is 0 Å². The summed E-state index contributed by atoms with van der Waals surface area (Å²) in [6, 6.07) is 0.0119. The fraction of sp³-hybridized carbons (Fsp3) is 0.889. The van der Waals surface area contributed by atoms with Crippen LogP contribution in [0.4, 0.5) is 0 Å². The first kappa shape index (κ1) is 9.89. The second kappa shape index (κ2) is 4.25. The summed E-state index contributed by atoms with van der Waals surface area (Å²) in [5.41, 5.74) is 0. The van der Waals surface area contributed by atoms with Crippen molar-refractivity contribution in [2.75, 3.05) is 39.9 Å². The Labute approximate surface area is 84.0 Å². The minimum Gasteiger partial charge on any atom is -0.379 e. The zero-order chi connectivity index (χ0) is 9.97. The van der Waals surface area contributed by atoms with Crippen LogP contribution < -0.4 is 5.32 Å². The molecule has 80 valence electrons. The summed E-state index contributed by atoms with van der Waals surface area (Å²) in [6.07, 6.45) is 0.909. The molecular weight excluding hydrogens is 182 g/mol. The van der Waals surface area contributed by atoms with E-state index in [0.717, 1.165) is 39.3 Å². The average Bonchev–Trinajstić information content (AvgIpc) is 2.61. The lowest BCUT2D eigenvalue weighted by atomic mass is 10.3. The number of carbonyl (C=O) groups excluding carboxylic acids is 1. The number of hydrazine groups is 1. The SMILES string of the molecule is CNC1CCN(N2CCOCC2)C1=O. The predicted molar refractivity (Wildman–Crippen MR) is 51.6 cm³/mol. The van der Waals surface area contributed by atoms with E-state index in [1.54, 1.807) is 0 Å². The number of carbonyl (C=O) groups is 1. The number of hydrogen-bond donors (Lipinski definition) is 1. The lowest BCUT2D eigenvalue weighted by Crippen LogP contribution is -2.51. The van der Waals surface area contributed by atoms with Gasteiger partial charge in [0.05, 0.1) is 19.3 Å². The number of nitrogens with zero attached hydrogens (tertiary/aromatic N) is 2. The summed E-state index contributed by atoms with van der Waals surface area (Å²) in [6.45, 7) is 3.97. The van der Waals surface area contributed by atoms with Crippen molar-refractivity contribution in [3.63, 3.8) is 0 Å². The molecule has 2 heterocycles. The summed E-state index contributed by atoms with van der Waals surface area (Å²) < 4.78 is 5.25. The maximum Gasteiger partial charge on any atom is 0.254 e. The summed E-state index contributed by atoms with van der Waals surface area (Å²) in [7, 11) is 1.84. The Kier molecular flexibility index (Phi) is 3.00. The Morgan fingerprint density at radius 3 is 2.64 bits per heavy atom. The Balaban J connectivity index is 1.94. The third-order valence-corrected chi connectivity index (χ3v) is 2.86. The molecule has 2 aliphatic rings. The van der Waals surface area contributed by atoms with Crippen molar-refractivity contribution in [3.8, 4) is 0 Å². The van der Waals surface area contributed by atoms with Crippen LogP contribution in [0.25, 0.3) is 0 Å². The minimum absolute atomic E-state index is 0.0119. The molecule has 1 amide bonds. The van der Waals surface area contributed by atoms with Crippen LogP contribution in [0.1, 0.15) is 6.42 Å². The number of rotatable bonds is 2. The largest absolute Gasteiger partial charge is 0.379 e. The molecule has 1 atom stereocenters. The minimum atomic E-state index is 0.0119. The van der Waals surface area contributed by atoms with Crippen LogP contribution in [0, 0.1) is 0 Å². The predicted octanol–water partition coefficient (Wildman–Crippen LogP) is -0.946. The van der Waals surface area contributed by atoms with Crippen LogP contribution in [-0.4, -0.2) is 61.9 Å². The highest BCUT2D eigenvalue weighted by Gasteiger charge is 2.34. The first-order chi connectivity index (χ1) is 6.83. The van der Waals surface area contributed by atoms with Gasteiger partial charge in [0.1, 0.15) is 0 Å². The third-order valence-electron chi connectivity index (χ3n) is 2.86. The van der Waals surface area contributed by atoms with Crippen LogP contribution in [0.15, 0.2) is 0 Å². The number of likely N-dealkylation sites (N-methyl/N-ethyl adjacent to an activating group) is 1. The molecule has 0 aromatic carbocycles. The molecule has 0 aromatic rings. The molecule has 5 nitrogen and oxygen atoms in total. The number of nitrogens with one attached hydrogen (secondary N) is 1. The summed E-state index contributed by atoms with van der Waals surface area (Å²) in [5.74, 6) is 0.203. The van der Waals surface area contributed by atoms with Gasteiger partial charge < -0.3 is 10.1 Å². The van der Waals surface area contributed by atoms with Gasteiger partial charge in [-0.05, 0) is 13.5 Å². The number of amides is 1. The molecule has 2 rings (SSSR count). The molecule has 0 bridgehead atoms. The van der Waals surface area contributed by atoms with Gasteiger partial charge in [-0.2, -0.15) is 0 Å². The van der Waals surface area contributed by atoms with E-state index < -0.39 is 0 Å². The van der Waals surface area contributed by atoms with Crippen molar-refractivity contribution < 1.29 is 9.53 Å². The van der Waals surface area contributed by atoms with Gasteiger partial charge in [0.15, 0.2) is 0 Å². The van der Waals surface area contributed by atoms with Crippen LogP contribution in [0.5, 0.6) is 0 Å². The molecule has 1 unspecified atom stereocenters. The molecular formula is C9H17N3O2. The van der Waals surface area contributed by atoms with Crippen molar-refractivity contribution >= 4 is 5.91 Å². The molecule has 5 heteroatoms. The molecule has 2 saturated heterocycles. The molecule has 1 N–H and O–H groups in total. The molecule has 0 aromatic heterocycles. The lowest BCUT2D eigenvalue weighted by Gasteiger charge is -2.34. The smallest absolute Gasteiger partial charge is 0.254 e. The van der Waals surface area contributed by atoms with E-state index >= 15 is 0 Å². The molecule has 0 aliphatic carbocycles. The number of morpholine rings is 1. The van der Waals surface area contributed by atoms with Gasteiger partial charge in [0.2, 0.25) is 0 Å². The molecule has 0 radical (unpaired) electrons. The first-order valence-corrected chi connectivity index (χ1v) is 5.14. The van der Waals surface area contributed by atoms with Gasteiger partial charge in [-0.1, -0.05) is 0 Å². The zero-order valence-corrected chi connectivity index (χ0v) is 8.53. The van der Waals surface area contributed by atoms with Gasteiger partial charge in [-0.3, -0.25) is 9.80 Å². The van der Waals surface area contributed by atoms with Crippen LogP contribution >= 0.6 is 0 Å². The van der Waals surface area contributed by atoms with Crippen molar-refractivity contribution in [1.82, 2.24) is 15.3 Å². The third kappa shape index (κ3) is 1.75. The lowest BCUT2D eigenvalue weighted by molar-refractivity contribution is -0.151. The maximum atomic E-state index is 11.8. The van der Waals surface area contributed by atoms with E-state index in [4.69, 9.17) is 4.74 Å². The maximum absolute atomic E-state index is 11.8. The quantitative estimate of drug-likeness (QED) is 0.623. The van der Waals surface area contributed by atoms with Crippen molar-refractivity contribution in [2.24, 2.45) is 0 Å². The van der Waals surface area contributed by atoms with Crippen LogP contribution in [-0.2, 0) is 9.53 Å². The van der Waals surface area contributed by atoms with Crippen molar-refractivity contribution in [1.29, 1.82) is 0 Å². The van der Waals surface area contributed by atoms with E-state index in [1.807, 2.05) is 12.1 Å². The Morgan fingerprint density at radius 1 is 1.36 bits per heavy atom. The van der Waals surface area contributed by atoms with Crippen molar-refractivity contribution in [3.05, 3.63) is 0 Å². The fourth-order valence-corrected chi connectivity index (χ4v) is 2.01. The Hall–Kier alpha value is -0.650. The zero-order valence-electron chi connectivity index (χ0n) is 8.53. The molecule has 2 fully saturated rings. The molecule has 14 heavy (non-hydrogen) atoms. The highest BCUT2D eigenvalue weighted by atomic mass is 16.5. The number of ether oxygens (including phenoxy) is 1. The van der Waals surface area contributed by atoms with Crippen molar-refractivity contribution in [2.45, 2.75) is 12.5 Å². The van der Waals surface area contributed by atoms with Gasteiger partial charge in [0.25, 0.3) is 5.91 Å². The average molecular weight is 199 g/mol. The molecule has 0 saturated carbocycles. The standard InChI is InChI=1S/C9H17N3O2/c1-10-8-2-3-12(9(8)13)11-4-6-14-7-5-11/h8,10H,2-7H2,1H3. The van der Waals surface area contributed by atoms with Gasteiger partial charge in [-0.15, -0.1) is 0 Å². The van der Waals surface area contributed by atoms with E-state index in [2.05, 4.69) is 10.3 Å². The monoisotopic (exact) mass is 199 g/mol. The second-order valence-corrected chi connectivity index (χ2v) is 3.66. The highest BCUT2D eigenvalue weighted by molar-refractivity contribution is 5.83. The second-order valence-electron chi connectivity index (χ2n) is 3.66. The van der Waals surface area contributed by atoms with E-state index in [-0.39, 0.29) is 11.9 Å². The molecule has 0 spiro atoms.